The van der Waals surface area contributed by atoms with E-state index in [2.05, 4.69) is 13.0 Å². The van der Waals surface area contributed by atoms with E-state index in [0.717, 1.165) is 6.42 Å². The Labute approximate surface area is 134 Å². The molecule has 0 aromatic heterocycles. The number of para-hydroxylation sites is 1. The summed E-state index contributed by atoms with van der Waals surface area (Å²) in [4.78, 5) is 11.9. The highest BCUT2D eigenvalue weighted by atomic mass is 16.5. The molecule has 122 valence electrons. The third-order valence-corrected chi connectivity index (χ3v) is 3.53. The standard InChI is InChI=1S/C19H28O3/c1-3-4-5-6-7-8-9-10-13-16-22-19(20)17-14-11-12-15-18(17)21-2/h10-15H,3-9,16H2,1-2H3/b13-10+. The highest BCUT2D eigenvalue weighted by Gasteiger charge is 2.11. The molecule has 22 heavy (non-hydrogen) atoms. The number of carbonyl (C=O) groups excluding carboxylic acids is 1. The van der Waals surface area contributed by atoms with Crippen molar-refractivity contribution in [3.8, 4) is 5.75 Å². The molecule has 0 bridgehead atoms. The van der Waals surface area contributed by atoms with Crippen LogP contribution in [-0.2, 0) is 4.74 Å². The number of benzene rings is 1. The maximum absolute atomic E-state index is 11.9. The summed E-state index contributed by atoms with van der Waals surface area (Å²) in [6, 6.07) is 7.09. The molecule has 0 fully saturated rings. The molecule has 0 aliphatic rings. The van der Waals surface area contributed by atoms with Crippen LogP contribution in [-0.4, -0.2) is 19.7 Å². The van der Waals surface area contributed by atoms with Crippen LogP contribution < -0.4 is 4.74 Å². The molecule has 0 saturated carbocycles. The first-order valence-electron chi connectivity index (χ1n) is 8.24. The molecule has 0 N–H and O–H groups in total. The summed E-state index contributed by atoms with van der Waals surface area (Å²) >= 11 is 0. The first kappa shape index (κ1) is 18.3. The first-order valence-corrected chi connectivity index (χ1v) is 8.24. The lowest BCUT2D eigenvalue weighted by Gasteiger charge is -2.06. The zero-order valence-electron chi connectivity index (χ0n) is 13.8. The molecule has 1 rings (SSSR count). The van der Waals surface area contributed by atoms with E-state index in [1.54, 1.807) is 25.3 Å². The van der Waals surface area contributed by atoms with Crippen LogP contribution in [0.1, 0.15) is 62.2 Å². The number of allylic oxidation sites excluding steroid dienone is 1. The van der Waals surface area contributed by atoms with Gasteiger partial charge in [-0.15, -0.1) is 0 Å². The van der Waals surface area contributed by atoms with Gasteiger partial charge in [0.25, 0.3) is 0 Å². The first-order chi connectivity index (χ1) is 10.8. The Balaban J connectivity index is 2.16. The molecular formula is C19H28O3. The Bertz CT molecular complexity index is 452. The summed E-state index contributed by atoms with van der Waals surface area (Å²) in [6.45, 7) is 2.54. The fourth-order valence-electron chi connectivity index (χ4n) is 2.24. The molecule has 1 aromatic rings. The van der Waals surface area contributed by atoms with Crippen LogP contribution in [0.5, 0.6) is 5.75 Å². The number of carbonyl (C=O) groups is 1. The molecule has 0 amide bonds. The van der Waals surface area contributed by atoms with E-state index >= 15 is 0 Å². The average molecular weight is 304 g/mol. The number of esters is 1. The van der Waals surface area contributed by atoms with Crippen molar-refractivity contribution in [2.45, 2.75) is 51.9 Å². The van der Waals surface area contributed by atoms with E-state index in [-0.39, 0.29) is 5.97 Å². The molecule has 0 heterocycles. The topological polar surface area (TPSA) is 35.5 Å². The van der Waals surface area contributed by atoms with Crippen LogP contribution in [0.4, 0.5) is 0 Å². The molecule has 0 aliphatic heterocycles. The van der Waals surface area contributed by atoms with E-state index in [4.69, 9.17) is 9.47 Å². The molecule has 0 unspecified atom stereocenters. The van der Waals surface area contributed by atoms with Crippen molar-refractivity contribution in [3.05, 3.63) is 42.0 Å². The van der Waals surface area contributed by atoms with Crippen LogP contribution in [0, 0.1) is 0 Å². The Morgan fingerprint density at radius 2 is 1.77 bits per heavy atom. The summed E-state index contributed by atoms with van der Waals surface area (Å²) in [5.74, 6) is 0.199. The smallest absolute Gasteiger partial charge is 0.342 e. The lowest BCUT2D eigenvalue weighted by Crippen LogP contribution is -2.06. The minimum Gasteiger partial charge on any atom is -0.496 e. The molecular weight excluding hydrogens is 276 g/mol. The van der Waals surface area contributed by atoms with E-state index in [1.165, 1.54) is 38.5 Å². The highest BCUT2D eigenvalue weighted by Crippen LogP contribution is 2.18. The third-order valence-electron chi connectivity index (χ3n) is 3.53. The molecule has 0 aliphatic carbocycles. The summed E-state index contributed by atoms with van der Waals surface area (Å²) in [5, 5.41) is 0. The minimum absolute atomic E-state index is 0.312. The third kappa shape index (κ3) is 7.30. The molecule has 0 radical (unpaired) electrons. The van der Waals surface area contributed by atoms with Crippen molar-refractivity contribution in [1.29, 1.82) is 0 Å². The van der Waals surface area contributed by atoms with Crippen LogP contribution in [0.3, 0.4) is 0 Å². The fourth-order valence-corrected chi connectivity index (χ4v) is 2.24. The molecule has 3 heteroatoms. The molecule has 3 nitrogen and oxygen atoms in total. The van der Waals surface area contributed by atoms with Crippen molar-refractivity contribution in [2.75, 3.05) is 13.7 Å². The van der Waals surface area contributed by atoms with Crippen molar-refractivity contribution >= 4 is 5.97 Å². The lowest BCUT2D eigenvalue weighted by atomic mass is 10.1. The molecule has 0 atom stereocenters. The number of hydrogen-bond donors (Lipinski definition) is 0. The van der Waals surface area contributed by atoms with E-state index in [1.807, 2.05) is 12.1 Å². The lowest BCUT2D eigenvalue weighted by molar-refractivity contribution is 0.0545. The maximum atomic E-state index is 11.9. The highest BCUT2D eigenvalue weighted by molar-refractivity contribution is 5.92. The Hall–Kier alpha value is -1.77. The van der Waals surface area contributed by atoms with Gasteiger partial charge in [0.2, 0.25) is 0 Å². The summed E-state index contributed by atoms with van der Waals surface area (Å²) in [6.07, 6.45) is 12.9. The summed E-state index contributed by atoms with van der Waals surface area (Å²) in [7, 11) is 1.55. The molecule has 1 aromatic carbocycles. The number of ether oxygens (including phenoxy) is 2. The van der Waals surface area contributed by atoms with Crippen molar-refractivity contribution in [1.82, 2.24) is 0 Å². The van der Waals surface area contributed by atoms with Gasteiger partial charge in [0.15, 0.2) is 0 Å². The fraction of sp³-hybridized carbons (Fsp3) is 0.526. The van der Waals surface area contributed by atoms with Gasteiger partial charge in [0, 0.05) is 0 Å². The zero-order chi connectivity index (χ0) is 16.0. The van der Waals surface area contributed by atoms with E-state index in [0.29, 0.717) is 17.9 Å². The number of rotatable bonds is 11. The maximum Gasteiger partial charge on any atom is 0.342 e. The number of hydrogen-bond acceptors (Lipinski definition) is 3. The van der Waals surface area contributed by atoms with Gasteiger partial charge in [-0.1, -0.05) is 63.3 Å². The summed E-state index contributed by atoms with van der Waals surface area (Å²) < 4.78 is 10.4. The van der Waals surface area contributed by atoms with Gasteiger partial charge in [-0.25, -0.2) is 4.79 Å². The molecule has 0 saturated heterocycles. The van der Waals surface area contributed by atoms with Crippen LogP contribution in [0.25, 0.3) is 0 Å². The van der Waals surface area contributed by atoms with E-state index < -0.39 is 0 Å². The predicted octanol–water partition coefficient (Wildman–Crippen LogP) is 5.16. The van der Waals surface area contributed by atoms with Gasteiger partial charge in [-0.2, -0.15) is 0 Å². The predicted molar refractivity (Wildman–Crippen MR) is 90.4 cm³/mol. The second kappa shape index (κ2) is 11.8. The van der Waals surface area contributed by atoms with E-state index in [9.17, 15) is 4.79 Å². The zero-order valence-corrected chi connectivity index (χ0v) is 13.8. The van der Waals surface area contributed by atoms with Crippen molar-refractivity contribution < 1.29 is 14.3 Å². The Morgan fingerprint density at radius 1 is 1.05 bits per heavy atom. The number of unbranched alkanes of at least 4 members (excludes halogenated alkanes) is 6. The minimum atomic E-state index is -0.346. The normalized spacial score (nSPS) is 10.8. The van der Waals surface area contributed by atoms with Gasteiger partial charge >= 0.3 is 5.97 Å². The van der Waals surface area contributed by atoms with Crippen molar-refractivity contribution in [3.63, 3.8) is 0 Å². The second-order valence-corrected chi connectivity index (χ2v) is 5.33. The van der Waals surface area contributed by atoms with Gasteiger partial charge in [0.1, 0.15) is 17.9 Å². The Morgan fingerprint density at radius 3 is 2.55 bits per heavy atom. The molecule has 0 spiro atoms. The largest absolute Gasteiger partial charge is 0.496 e. The van der Waals surface area contributed by atoms with Crippen LogP contribution >= 0.6 is 0 Å². The van der Waals surface area contributed by atoms with Crippen LogP contribution in [0.15, 0.2) is 36.4 Å². The average Bonchev–Trinajstić information content (AvgIpc) is 2.56. The van der Waals surface area contributed by atoms with Gasteiger partial charge in [-0.05, 0) is 25.0 Å². The monoisotopic (exact) mass is 304 g/mol. The van der Waals surface area contributed by atoms with Gasteiger partial charge in [-0.3, -0.25) is 0 Å². The Kier molecular flexibility index (Phi) is 9.84. The SMILES string of the molecule is CCCCCCCC/C=C/COC(=O)c1ccccc1OC. The van der Waals surface area contributed by atoms with Gasteiger partial charge < -0.3 is 9.47 Å². The summed E-state index contributed by atoms with van der Waals surface area (Å²) in [5.41, 5.74) is 0.467. The quantitative estimate of drug-likeness (QED) is 0.322. The number of methoxy groups -OCH3 is 1. The van der Waals surface area contributed by atoms with Gasteiger partial charge in [0.05, 0.1) is 7.11 Å². The second-order valence-electron chi connectivity index (χ2n) is 5.33. The van der Waals surface area contributed by atoms with Crippen molar-refractivity contribution in [2.24, 2.45) is 0 Å². The van der Waals surface area contributed by atoms with Crippen LogP contribution in [0.2, 0.25) is 0 Å².